The summed E-state index contributed by atoms with van der Waals surface area (Å²) in [5.74, 6) is -0.976. The lowest BCUT2D eigenvalue weighted by Crippen LogP contribution is -2.29. The monoisotopic (exact) mass is 725 g/mol. The second-order valence-electron chi connectivity index (χ2n) is 13.2. The first-order chi connectivity index (χ1) is 24.3. The highest BCUT2D eigenvalue weighted by Gasteiger charge is 2.22. The summed E-state index contributed by atoms with van der Waals surface area (Å²) in [5.41, 5.74) is 0. The number of hydrogen-bond acceptors (Lipinski definition) is 6. The van der Waals surface area contributed by atoms with E-state index < -0.39 is 32.5 Å². The molecule has 0 saturated heterocycles. The first kappa shape index (κ1) is 48.0. The molecule has 0 spiro atoms. The summed E-state index contributed by atoms with van der Waals surface area (Å²) < 4.78 is 26.2. The van der Waals surface area contributed by atoms with Crippen LogP contribution in [0.25, 0.3) is 0 Å². The standard InChI is InChI=1S/C41H73O8P/c1-3-5-7-9-11-13-15-17-18-19-20-21-22-24-25-27-29-31-33-35-40(42)47-37-39(38-48-50(44,45)46)49-41(43)36-34-32-30-28-26-23-16-14-12-10-8-6-4-2/h6,8,12,14,23,26,30,32,39H,3-5,7,9-11,13,15-22,24-25,27-29,31,33-38H2,1-2H3,(H2,44,45,46)/b8-6-,14-12-,26-23-,32-30-. The van der Waals surface area contributed by atoms with Gasteiger partial charge < -0.3 is 19.3 Å². The average Bonchev–Trinajstić information content (AvgIpc) is 3.08. The lowest BCUT2D eigenvalue weighted by atomic mass is 10.0. The molecular weight excluding hydrogens is 651 g/mol. The fourth-order valence-electron chi connectivity index (χ4n) is 5.45. The predicted octanol–water partition coefficient (Wildman–Crippen LogP) is 12.0. The lowest BCUT2D eigenvalue weighted by Gasteiger charge is -2.18. The van der Waals surface area contributed by atoms with Crippen molar-refractivity contribution >= 4 is 19.8 Å². The normalized spacial score (nSPS) is 13.0. The van der Waals surface area contributed by atoms with Crippen LogP contribution in [0, 0.1) is 0 Å². The summed E-state index contributed by atoms with van der Waals surface area (Å²) in [6.07, 6.45) is 44.3. The third kappa shape index (κ3) is 38.8. The third-order valence-electron chi connectivity index (χ3n) is 8.38. The molecule has 0 aliphatic rings. The largest absolute Gasteiger partial charge is 0.469 e. The summed E-state index contributed by atoms with van der Waals surface area (Å²) in [6, 6.07) is 0. The fourth-order valence-corrected chi connectivity index (χ4v) is 5.81. The quantitative estimate of drug-likeness (QED) is 0.0284. The van der Waals surface area contributed by atoms with Crippen LogP contribution in [-0.4, -0.2) is 41.0 Å². The van der Waals surface area contributed by atoms with Crippen LogP contribution in [0.1, 0.15) is 181 Å². The molecule has 2 N–H and O–H groups in total. The van der Waals surface area contributed by atoms with Gasteiger partial charge in [0.15, 0.2) is 6.10 Å². The predicted molar refractivity (Wildman–Crippen MR) is 207 cm³/mol. The Kier molecular flexibility index (Phi) is 35.3. The van der Waals surface area contributed by atoms with Crippen molar-refractivity contribution in [3.8, 4) is 0 Å². The molecule has 9 heteroatoms. The molecule has 0 bridgehead atoms. The van der Waals surface area contributed by atoms with E-state index >= 15 is 0 Å². The molecule has 0 aromatic carbocycles. The Labute approximate surface area is 305 Å². The lowest BCUT2D eigenvalue weighted by molar-refractivity contribution is -0.161. The average molecular weight is 725 g/mol. The molecule has 0 heterocycles. The first-order valence-corrected chi connectivity index (χ1v) is 21.5. The number of carbonyl (C=O) groups is 2. The minimum atomic E-state index is -4.77. The van der Waals surface area contributed by atoms with Crippen LogP contribution < -0.4 is 0 Å². The van der Waals surface area contributed by atoms with Gasteiger partial charge in [0.05, 0.1) is 6.61 Å². The Morgan fingerprint density at radius 1 is 0.540 bits per heavy atom. The molecule has 8 nitrogen and oxygen atoms in total. The number of esters is 2. The van der Waals surface area contributed by atoms with Crippen LogP contribution >= 0.6 is 7.82 Å². The minimum Gasteiger partial charge on any atom is -0.462 e. The van der Waals surface area contributed by atoms with E-state index in [-0.39, 0.29) is 19.4 Å². The van der Waals surface area contributed by atoms with E-state index in [1.54, 1.807) is 0 Å². The SMILES string of the molecule is CC/C=C\C/C=C\C/C=C\C/C=C\CCC(=O)OC(COC(=O)CCCCCCCCCCCCCCCCCCCCC)COP(=O)(O)O. The molecule has 290 valence electrons. The molecule has 0 saturated carbocycles. The van der Waals surface area contributed by atoms with Crippen LogP contribution in [0.5, 0.6) is 0 Å². The van der Waals surface area contributed by atoms with Crippen molar-refractivity contribution in [3.05, 3.63) is 48.6 Å². The van der Waals surface area contributed by atoms with Crippen LogP contribution in [0.2, 0.25) is 0 Å². The molecule has 1 atom stereocenters. The van der Waals surface area contributed by atoms with Crippen LogP contribution in [0.3, 0.4) is 0 Å². The number of phosphoric acid groups is 1. The van der Waals surface area contributed by atoms with E-state index in [1.165, 1.54) is 103 Å². The molecule has 0 aliphatic heterocycles. The van der Waals surface area contributed by atoms with Gasteiger partial charge >= 0.3 is 19.8 Å². The van der Waals surface area contributed by atoms with E-state index in [2.05, 4.69) is 54.8 Å². The van der Waals surface area contributed by atoms with E-state index in [1.807, 2.05) is 12.2 Å². The van der Waals surface area contributed by atoms with E-state index in [4.69, 9.17) is 19.3 Å². The van der Waals surface area contributed by atoms with Gasteiger partial charge in [-0.3, -0.25) is 14.1 Å². The maximum Gasteiger partial charge on any atom is 0.469 e. The van der Waals surface area contributed by atoms with E-state index in [9.17, 15) is 14.2 Å². The van der Waals surface area contributed by atoms with Gasteiger partial charge in [-0.1, -0.05) is 178 Å². The number of ether oxygens (including phenoxy) is 2. The maximum absolute atomic E-state index is 12.3. The minimum absolute atomic E-state index is 0.0912. The Balaban J connectivity index is 3.96. The highest BCUT2D eigenvalue weighted by Crippen LogP contribution is 2.36. The summed E-state index contributed by atoms with van der Waals surface area (Å²) in [4.78, 5) is 42.7. The van der Waals surface area contributed by atoms with Gasteiger partial charge in [0.1, 0.15) is 6.61 Å². The van der Waals surface area contributed by atoms with Crippen molar-refractivity contribution in [1.82, 2.24) is 0 Å². The zero-order valence-electron chi connectivity index (χ0n) is 31.8. The molecule has 0 aliphatic carbocycles. The van der Waals surface area contributed by atoms with Gasteiger partial charge in [0.25, 0.3) is 0 Å². The maximum atomic E-state index is 12.3. The third-order valence-corrected chi connectivity index (χ3v) is 8.86. The van der Waals surface area contributed by atoms with Crippen LogP contribution in [0.4, 0.5) is 0 Å². The first-order valence-electron chi connectivity index (χ1n) is 19.9. The van der Waals surface area contributed by atoms with Gasteiger partial charge in [-0.25, -0.2) is 4.57 Å². The number of phosphoric ester groups is 1. The van der Waals surface area contributed by atoms with E-state index in [0.717, 1.165) is 44.9 Å². The van der Waals surface area contributed by atoms with E-state index in [0.29, 0.717) is 6.42 Å². The van der Waals surface area contributed by atoms with Crippen molar-refractivity contribution in [2.45, 2.75) is 187 Å². The summed E-state index contributed by atoms with van der Waals surface area (Å²) in [5, 5.41) is 0. The van der Waals surface area contributed by atoms with Crippen LogP contribution in [-0.2, 0) is 28.2 Å². The van der Waals surface area contributed by atoms with Crippen LogP contribution in [0.15, 0.2) is 48.6 Å². The van der Waals surface area contributed by atoms with Gasteiger partial charge in [-0.15, -0.1) is 0 Å². The van der Waals surface area contributed by atoms with Crippen molar-refractivity contribution in [2.75, 3.05) is 13.2 Å². The molecule has 0 rings (SSSR count). The summed E-state index contributed by atoms with van der Waals surface area (Å²) in [7, 11) is -4.77. The molecule has 0 radical (unpaired) electrons. The molecule has 0 amide bonds. The number of rotatable bonds is 36. The fraction of sp³-hybridized carbons (Fsp3) is 0.756. The number of allylic oxidation sites excluding steroid dienone is 8. The second-order valence-corrected chi connectivity index (χ2v) is 14.5. The van der Waals surface area contributed by atoms with Crippen molar-refractivity contribution < 1.29 is 37.9 Å². The number of hydrogen-bond donors (Lipinski definition) is 2. The molecule has 0 aromatic heterocycles. The van der Waals surface area contributed by atoms with Crippen molar-refractivity contribution in [2.24, 2.45) is 0 Å². The Morgan fingerprint density at radius 2 is 0.960 bits per heavy atom. The zero-order valence-corrected chi connectivity index (χ0v) is 32.7. The molecule has 1 unspecified atom stereocenters. The molecule has 50 heavy (non-hydrogen) atoms. The smallest absolute Gasteiger partial charge is 0.462 e. The number of carbonyl (C=O) groups excluding carboxylic acids is 2. The molecule has 0 fully saturated rings. The van der Waals surface area contributed by atoms with Gasteiger partial charge in [-0.05, 0) is 38.5 Å². The summed E-state index contributed by atoms with van der Waals surface area (Å²) in [6.45, 7) is 3.51. The molecular formula is C41H73O8P. The highest BCUT2D eigenvalue weighted by atomic mass is 31.2. The van der Waals surface area contributed by atoms with Crippen molar-refractivity contribution in [3.63, 3.8) is 0 Å². The second kappa shape index (κ2) is 36.8. The van der Waals surface area contributed by atoms with Crippen molar-refractivity contribution in [1.29, 1.82) is 0 Å². The Bertz CT molecular complexity index is 952. The van der Waals surface area contributed by atoms with Gasteiger partial charge in [0.2, 0.25) is 0 Å². The topological polar surface area (TPSA) is 119 Å². The number of unbranched alkanes of at least 4 members (excludes halogenated alkanes) is 18. The van der Waals surface area contributed by atoms with Gasteiger partial charge in [0, 0.05) is 12.8 Å². The molecule has 0 aromatic rings. The Morgan fingerprint density at radius 3 is 1.40 bits per heavy atom. The van der Waals surface area contributed by atoms with Gasteiger partial charge in [-0.2, -0.15) is 0 Å². The highest BCUT2D eigenvalue weighted by molar-refractivity contribution is 7.46. The summed E-state index contributed by atoms with van der Waals surface area (Å²) >= 11 is 0. The Hall–Kier alpha value is -1.99. The zero-order chi connectivity index (χ0) is 36.8.